The van der Waals surface area contributed by atoms with E-state index in [-0.39, 0.29) is 19.0 Å². The molecule has 1 fully saturated rings. The quantitative estimate of drug-likeness (QED) is 0.822. The van der Waals surface area contributed by atoms with Gasteiger partial charge in [0, 0.05) is 18.8 Å². The number of anilines is 1. The van der Waals surface area contributed by atoms with Gasteiger partial charge in [0.05, 0.1) is 26.9 Å². The molecule has 22 heavy (non-hydrogen) atoms. The van der Waals surface area contributed by atoms with E-state index in [1.165, 1.54) is 0 Å². The highest BCUT2D eigenvalue weighted by Crippen LogP contribution is 2.19. The Balaban J connectivity index is 2.07. The first-order chi connectivity index (χ1) is 10.6. The summed E-state index contributed by atoms with van der Waals surface area (Å²) in [5, 5.41) is 9.06. The van der Waals surface area contributed by atoms with E-state index in [1.54, 1.807) is 41.2 Å². The van der Waals surface area contributed by atoms with Crippen molar-refractivity contribution in [3.63, 3.8) is 0 Å². The molecule has 7 heteroatoms. The Kier molecular flexibility index (Phi) is 5.60. The van der Waals surface area contributed by atoms with Crippen molar-refractivity contribution in [3.8, 4) is 5.75 Å². The van der Waals surface area contributed by atoms with Crippen LogP contribution in [0.3, 0.4) is 0 Å². The number of hydrogen-bond donors (Lipinski definition) is 1. The van der Waals surface area contributed by atoms with Crippen LogP contribution in [-0.2, 0) is 14.3 Å². The van der Waals surface area contributed by atoms with Crippen LogP contribution in [0, 0.1) is 0 Å². The lowest BCUT2D eigenvalue weighted by molar-refractivity contribution is -0.135. The molecule has 0 aromatic heterocycles. The number of rotatable bonds is 6. The molecule has 2 rings (SSSR count). The van der Waals surface area contributed by atoms with Gasteiger partial charge in [0.2, 0.25) is 5.91 Å². The summed E-state index contributed by atoms with van der Waals surface area (Å²) in [6, 6.07) is 6.97. The molecular formula is C15H20N2O5. The van der Waals surface area contributed by atoms with Crippen LogP contribution in [0.25, 0.3) is 0 Å². The zero-order valence-electron chi connectivity index (χ0n) is 12.5. The number of aliphatic carboxylic acids is 1. The summed E-state index contributed by atoms with van der Waals surface area (Å²) in [5.41, 5.74) is 0.671. The smallest absolute Gasteiger partial charge is 0.323 e. The maximum absolute atomic E-state index is 12.3. The lowest BCUT2D eigenvalue weighted by Crippen LogP contribution is -2.46. The van der Waals surface area contributed by atoms with Gasteiger partial charge < -0.3 is 24.4 Å². The molecule has 7 nitrogen and oxygen atoms in total. The van der Waals surface area contributed by atoms with Gasteiger partial charge in [-0.15, -0.1) is 0 Å². The molecule has 0 spiro atoms. The van der Waals surface area contributed by atoms with Crippen LogP contribution in [0.1, 0.15) is 0 Å². The Morgan fingerprint density at radius 3 is 2.41 bits per heavy atom. The van der Waals surface area contributed by atoms with Crippen molar-refractivity contribution in [2.24, 2.45) is 0 Å². The van der Waals surface area contributed by atoms with Gasteiger partial charge >= 0.3 is 5.97 Å². The fourth-order valence-corrected chi connectivity index (χ4v) is 2.27. The molecule has 1 heterocycles. The van der Waals surface area contributed by atoms with Crippen molar-refractivity contribution < 1.29 is 24.2 Å². The molecule has 1 aromatic rings. The average molecular weight is 308 g/mol. The van der Waals surface area contributed by atoms with Gasteiger partial charge in [0.25, 0.3) is 0 Å². The maximum atomic E-state index is 12.3. The molecule has 0 unspecified atom stereocenters. The van der Waals surface area contributed by atoms with Crippen molar-refractivity contribution >= 4 is 17.6 Å². The van der Waals surface area contributed by atoms with E-state index >= 15 is 0 Å². The molecule has 1 amide bonds. The van der Waals surface area contributed by atoms with Gasteiger partial charge in [-0.1, -0.05) is 0 Å². The zero-order chi connectivity index (χ0) is 15.9. The summed E-state index contributed by atoms with van der Waals surface area (Å²) in [5.74, 6) is -0.399. The third-order valence-electron chi connectivity index (χ3n) is 3.45. The van der Waals surface area contributed by atoms with E-state index in [2.05, 4.69) is 0 Å². The summed E-state index contributed by atoms with van der Waals surface area (Å²) < 4.78 is 10.3. The second-order valence-electron chi connectivity index (χ2n) is 4.94. The molecule has 1 aromatic carbocycles. The van der Waals surface area contributed by atoms with Crippen LogP contribution in [0.2, 0.25) is 0 Å². The minimum atomic E-state index is -0.981. The number of ether oxygens (including phenoxy) is 2. The van der Waals surface area contributed by atoms with Crippen molar-refractivity contribution in [2.75, 3.05) is 51.4 Å². The van der Waals surface area contributed by atoms with Crippen molar-refractivity contribution in [3.05, 3.63) is 24.3 Å². The number of amides is 1. The highest BCUT2D eigenvalue weighted by molar-refractivity contribution is 5.84. The summed E-state index contributed by atoms with van der Waals surface area (Å²) in [6.07, 6.45) is 0. The number of carboxylic acids is 1. The first kappa shape index (κ1) is 16.1. The van der Waals surface area contributed by atoms with Crippen LogP contribution in [0.5, 0.6) is 5.75 Å². The summed E-state index contributed by atoms with van der Waals surface area (Å²) in [4.78, 5) is 26.6. The normalized spacial score (nSPS) is 14.5. The van der Waals surface area contributed by atoms with Crippen LogP contribution in [-0.4, -0.2) is 68.4 Å². The average Bonchev–Trinajstić information content (AvgIpc) is 2.54. The van der Waals surface area contributed by atoms with Crippen LogP contribution >= 0.6 is 0 Å². The zero-order valence-corrected chi connectivity index (χ0v) is 12.5. The van der Waals surface area contributed by atoms with Gasteiger partial charge in [-0.05, 0) is 24.3 Å². The van der Waals surface area contributed by atoms with E-state index in [4.69, 9.17) is 14.6 Å². The van der Waals surface area contributed by atoms with Gasteiger partial charge in [0.1, 0.15) is 12.3 Å². The summed E-state index contributed by atoms with van der Waals surface area (Å²) in [6.45, 7) is 1.92. The number of nitrogens with zero attached hydrogens (tertiary/aromatic N) is 2. The monoisotopic (exact) mass is 308 g/mol. The summed E-state index contributed by atoms with van der Waals surface area (Å²) in [7, 11) is 1.56. The fraction of sp³-hybridized carbons (Fsp3) is 0.467. The third kappa shape index (κ3) is 4.36. The predicted octanol–water partition coefficient (Wildman–Crippen LogP) is 0.445. The van der Waals surface area contributed by atoms with E-state index in [9.17, 15) is 9.59 Å². The number of carbonyl (C=O) groups is 2. The lowest BCUT2D eigenvalue weighted by Gasteiger charge is -2.30. The molecule has 1 N–H and O–H groups in total. The molecule has 0 atom stereocenters. The highest BCUT2D eigenvalue weighted by Gasteiger charge is 2.21. The number of benzene rings is 1. The van der Waals surface area contributed by atoms with E-state index < -0.39 is 5.97 Å². The Labute approximate surface area is 129 Å². The lowest BCUT2D eigenvalue weighted by atomic mass is 10.2. The van der Waals surface area contributed by atoms with Crippen molar-refractivity contribution in [1.82, 2.24) is 4.90 Å². The Hall–Kier alpha value is -2.28. The molecule has 0 saturated carbocycles. The van der Waals surface area contributed by atoms with Gasteiger partial charge in [-0.2, -0.15) is 0 Å². The molecule has 1 aliphatic rings. The van der Waals surface area contributed by atoms with Crippen molar-refractivity contribution in [1.29, 1.82) is 0 Å². The van der Waals surface area contributed by atoms with Crippen LogP contribution in [0.15, 0.2) is 24.3 Å². The molecular weight excluding hydrogens is 288 g/mol. The molecule has 0 bridgehead atoms. The largest absolute Gasteiger partial charge is 0.497 e. The first-order valence-electron chi connectivity index (χ1n) is 7.06. The van der Waals surface area contributed by atoms with Crippen LogP contribution in [0.4, 0.5) is 5.69 Å². The molecule has 1 saturated heterocycles. The number of morpholine rings is 1. The maximum Gasteiger partial charge on any atom is 0.323 e. The molecule has 1 aliphatic heterocycles. The van der Waals surface area contributed by atoms with Gasteiger partial charge in [-0.25, -0.2) is 0 Å². The van der Waals surface area contributed by atoms with Gasteiger partial charge in [0.15, 0.2) is 0 Å². The standard InChI is InChI=1S/C15H20N2O5/c1-21-13-4-2-12(3-5-13)17(11-15(19)20)10-14(18)16-6-8-22-9-7-16/h2-5H,6-11H2,1H3,(H,19,20). The van der Waals surface area contributed by atoms with E-state index in [0.717, 1.165) is 0 Å². The Morgan fingerprint density at radius 1 is 1.23 bits per heavy atom. The first-order valence-corrected chi connectivity index (χ1v) is 7.06. The molecule has 120 valence electrons. The highest BCUT2D eigenvalue weighted by atomic mass is 16.5. The van der Waals surface area contributed by atoms with Gasteiger partial charge in [-0.3, -0.25) is 9.59 Å². The summed E-state index contributed by atoms with van der Waals surface area (Å²) >= 11 is 0. The van der Waals surface area contributed by atoms with Crippen molar-refractivity contribution in [2.45, 2.75) is 0 Å². The predicted molar refractivity (Wildman–Crippen MR) is 80.2 cm³/mol. The Bertz CT molecular complexity index is 511. The molecule has 0 aliphatic carbocycles. The second-order valence-corrected chi connectivity index (χ2v) is 4.94. The Morgan fingerprint density at radius 2 is 1.86 bits per heavy atom. The SMILES string of the molecule is COc1ccc(N(CC(=O)O)CC(=O)N2CCOCC2)cc1. The number of methoxy groups -OCH3 is 1. The minimum Gasteiger partial charge on any atom is -0.497 e. The topological polar surface area (TPSA) is 79.3 Å². The second kappa shape index (κ2) is 7.65. The number of carboxylic acid groups (broad SMARTS) is 1. The van der Waals surface area contributed by atoms with E-state index in [1.807, 2.05) is 0 Å². The number of hydrogen-bond acceptors (Lipinski definition) is 5. The number of carbonyl (C=O) groups excluding carboxylic acids is 1. The third-order valence-corrected chi connectivity index (χ3v) is 3.45. The minimum absolute atomic E-state index is 0.0264. The fourth-order valence-electron chi connectivity index (χ4n) is 2.27. The van der Waals surface area contributed by atoms with E-state index in [0.29, 0.717) is 37.7 Å². The van der Waals surface area contributed by atoms with Crippen LogP contribution < -0.4 is 9.64 Å². The molecule has 0 radical (unpaired) electrons.